The molecule has 0 aromatic heterocycles. The average molecular weight is 166 g/mol. The fourth-order valence-electron chi connectivity index (χ4n) is 1.43. The lowest BCUT2D eigenvalue weighted by Gasteiger charge is -2.09. The molecule has 0 spiro atoms. The maximum absolute atomic E-state index is 2.25. The highest BCUT2D eigenvalue weighted by molar-refractivity contribution is 5.31. The number of hydrogen-bond donors (Lipinski definition) is 0. The Labute approximate surface area is 77.4 Å². The van der Waals surface area contributed by atoms with E-state index in [1.54, 1.807) is 5.57 Å². The summed E-state index contributed by atoms with van der Waals surface area (Å²) in [7, 11) is 0. The van der Waals surface area contributed by atoms with Crippen molar-refractivity contribution in [3.8, 4) is 0 Å². The Morgan fingerprint density at radius 3 is 2.08 bits per heavy atom. The zero-order valence-electron chi connectivity index (χ0n) is 9.20. The second-order valence-electron chi connectivity index (χ2n) is 3.30. The van der Waals surface area contributed by atoms with Crippen LogP contribution in [0.5, 0.6) is 0 Å². The third-order valence-corrected chi connectivity index (χ3v) is 2.53. The van der Waals surface area contributed by atoms with Gasteiger partial charge >= 0.3 is 0 Å². The standard InChI is InChI=1S/C12H22/c1-6-9-12(8-3)11(5)10(4)7-2/h7H,6,8-9H2,1-5H3. The van der Waals surface area contributed by atoms with Gasteiger partial charge in [-0.15, -0.1) is 0 Å². The molecule has 0 N–H and O–H groups in total. The van der Waals surface area contributed by atoms with Crippen LogP contribution in [0.2, 0.25) is 0 Å². The van der Waals surface area contributed by atoms with Crippen LogP contribution in [0.4, 0.5) is 0 Å². The van der Waals surface area contributed by atoms with Gasteiger partial charge in [0.25, 0.3) is 0 Å². The van der Waals surface area contributed by atoms with Gasteiger partial charge in [0.05, 0.1) is 0 Å². The van der Waals surface area contributed by atoms with Crippen molar-refractivity contribution in [3.05, 3.63) is 22.8 Å². The van der Waals surface area contributed by atoms with Gasteiger partial charge in [-0.2, -0.15) is 0 Å². The van der Waals surface area contributed by atoms with E-state index >= 15 is 0 Å². The van der Waals surface area contributed by atoms with Crippen molar-refractivity contribution in [1.29, 1.82) is 0 Å². The SMILES string of the molecule is CC=C(C)C(C)=C(CC)CCC. The summed E-state index contributed by atoms with van der Waals surface area (Å²) in [6.07, 6.45) is 5.91. The Hall–Kier alpha value is -0.520. The molecule has 0 heteroatoms. The topological polar surface area (TPSA) is 0 Å². The van der Waals surface area contributed by atoms with Gasteiger partial charge < -0.3 is 0 Å². The van der Waals surface area contributed by atoms with Crippen LogP contribution in [0, 0.1) is 0 Å². The van der Waals surface area contributed by atoms with E-state index in [1.165, 1.54) is 30.4 Å². The number of rotatable bonds is 4. The molecule has 0 radical (unpaired) electrons. The molecule has 0 amide bonds. The second kappa shape index (κ2) is 6.05. The minimum atomic E-state index is 1.20. The van der Waals surface area contributed by atoms with Crippen LogP contribution in [-0.4, -0.2) is 0 Å². The zero-order valence-corrected chi connectivity index (χ0v) is 9.20. The van der Waals surface area contributed by atoms with Gasteiger partial charge in [-0.05, 0) is 39.2 Å². The number of allylic oxidation sites excluding steroid dienone is 4. The van der Waals surface area contributed by atoms with Crippen molar-refractivity contribution >= 4 is 0 Å². The Balaban J connectivity index is 4.59. The van der Waals surface area contributed by atoms with Crippen LogP contribution in [0.3, 0.4) is 0 Å². The Kier molecular flexibility index (Phi) is 5.79. The predicted octanol–water partition coefficient (Wildman–Crippen LogP) is 4.48. The van der Waals surface area contributed by atoms with Gasteiger partial charge in [0.2, 0.25) is 0 Å². The lowest BCUT2D eigenvalue weighted by atomic mass is 9.97. The van der Waals surface area contributed by atoms with E-state index in [1.807, 2.05) is 0 Å². The zero-order chi connectivity index (χ0) is 9.56. The predicted molar refractivity (Wildman–Crippen MR) is 57.3 cm³/mol. The Morgan fingerprint density at radius 2 is 1.75 bits per heavy atom. The molecule has 0 unspecified atom stereocenters. The highest BCUT2D eigenvalue weighted by atomic mass is 14.1. The Bertz CT molecular complexity index is 182. The molecule has 0 saturated heterocycles. The third kappa shape index (κ3) is 3.25. The third-order valence-electron chi connectivity index (χ3n) is 2.53. The van der Waals surface area contributed by atoms with Crippen LogP contribution < -0.4 is 0 Å². The summed E-state index contributed by atoms with van der Waals surface area (Å²) in [6.45, 7) is 11.0. The van der Waals surface area contributed by atoms with Crippen molar-refractivity contribution in [3.63, 3.8) is 0 Å². The van der Waals surface area contributed by atoms with Crippen LogP contribution in [0.1, 0.15) is 53.9 Å². The molecule has 0 fully saturated rings. The molecule has 0 saturated carbocycles. The van der Waals surface area contributed by atoms with Crippen LogP contribution in [0.15, 0.2) is 22.8 Å². The molecular formula is C12H22. The van der Waals surface area contributed by atoms with E-state index in [4.69, 9.17) is 0 Å². The lowest BCUT2D eigenvalue weighted by molar-refractivity contribution is 0.843. The van der Waals surface area contributed by atoms with E-state index in [-0.39, 0.29) is 0 Å². The molecule has 0 atom stereocenters. The quantitative estimate of drug-likeness (QED) is 0.540. The van der Waals surface area contributed by atoms with Crippen molar-refractivity contribution in [2.75, 3.05) is 0 Å². The summed E-state index contributed by atoms with van der Waals surface area (Å²) in [5, 5.41) is 0. The fraction of sp³-hybridized carbons (Fsp3) is 0.667. The van der Waals surface area contributed by atoms with Gasteiger partial charge in [0.1, 0.15) is 0 Å². The summed E-state index contributed by atoms with van der Waals surface area (Å²) in [6, 6.07) is 0. The molecule has 12 heavy (non-hydrogen) atoms. The van der Waals surface area contributed by atoms with Crippen molar-refractivity contribution in [1.82, 2.24) is 0 Å². The van der Waals surface area contributed by atoms with E-state index in [0.29, 0.717) is 0 Å². The molecule has 0 bridgehead atoms. The normalized spacial score (nSPS) is 14.6. The van der Waals surface area contributed by atoms with E-state index < -0.39 is 0 Å². The maximum Gasteiger partial charge on any atom is -0.0317 e. The van der Waals surface area contributed by atoms with E-state index in [2.05, 4.69) is 40.7 Å². The summed E-state index contributed by atoms with van der Waals surface area (Å²) < 4.78 is 0. The average Bonchev–Trinajstić information content (AvgIpc) is 2.11. The molecule has 0 aromatic rings. The monoisotopic (exact) mass is 166 g/mol. The van der Waals surface area contributed by atoms with Gasteiger partial charge in [-0.25, -0.2) is 0 Å². The first-order valence-corrected chi connectivity index (χ1v) is 4.99. The lowest BCUT2D eigenvalue weighted by Crippen LogP contribution is -1.89. The van der Waals surface area contributed by atoms with Gasteiger partial charge in [-0.1, -0.05) is 37.5 Å². The number of hydrogen-bond acceptors (Lipinski definition) is 0. The second-order valence-corrected chi connectivity index (χ2v) is 3.30. The first-order chi connectivity index (χ1) is 5.67. The summed E-state index contributed by atoms with van der Waals surface area (Å²) in [5.41, 5.74) is 4.55. The molecular weight excluding hydrogens is 144 g/mol. The molecule has 0 aliphatic rings. The van der Waals surface area contributed by atoms with Crippen LogP contribution in [0.25, 0.3) is 0 Å². The minimum absolute atomic E-state index is 1.20. The van der Waals surface area contributed by atoms with Gasteiger partial charge in [0.15, 0.2) is 0 Å². The summed E-state index contributed by atoms with van der Waals surface area (Å²) in [4.78, 5) is 0. The summed E-state index contributed by atoms with van der Waals surface area (Å²) in [5.74, 6) is 0. The minimum Gasteiger partial charge on any atom is -0.0845 e. The highest BCUT2D eigenvalue weighted by Gasteiger charge is 2.00. The molecule has 70 valence electrons. The van der Waals surface area contributed by atoms with E-state index in [0.717, 1.165) is 0 Å². The molecule has 0 aliphatic carbocycles. The molecule has 0 heterocycles. The maximum atomic E-state index is 2.25. The fourth-order valence-corrected chi connectivity index (χ4v) is 1.43. The van der Waals surface area contributed by atoms with Crippen LogP contribution in [-0.2, 0) is 0 Å². The first-order valence-electron chi connectivity index (χ1n) is 4.99. The molecule has 0 rings (SSSR count). The molecule has 0 aromatic carbocycles. The first kappa shape index (κ1) is 11.5. The Morgan fingerprint density at radius 1 is 1.17 bits per heavy atom. The van der Waals surface area contributed by atoms with Gasteiger partial charge in [-0.3, -0.25) is 0 Å². The van der Waals surface area contributed by atoms with Crippen LogP contribution >= 0.6 is 0 Å². The van der Waals surface area contributed by atoms with Crippen molar-refractivity contribution in [2.45, 2.75) is 53.9 Å². The van der Waals surface area contributed by atoms with Crippen molar-refractivity contribution < 1.29 is 0 Å². The highest BCUT2D eigenvalue weighted by Crippen LogP contribution is 2.20. The molecule has 0 aliphatic heterocycles. The van der Waals surface area contributed by atoms with Crippen molar-refractivity contribution in [2.24, 2.45) is 0 Å². The smallest absolute Gasteiger partial charge is 0.0317 e. The van der Waals surface area contributed by atoms with Gasteiger partial charge in [0, 0.05) is 0 Å². The summed E-state index contributed by atoms with van der Waals surface area (Å²) >= 11 is 0. The van der Waals surface area contributed by atoms with E-state index in [9.17, 15) is 0 Å². The largest absolute Gasteiger partial charge is 0.0845 e. The molecule has 0 nitrogen and oxygen atoms in total.